The first kappa shape index (κ1) is 14.4. The molecular weight excluding hydrogens is 230 g/mol. The molecule has 1 aromatic heterocycles. The van der Waals surface area contributed by atoms with Crippen molar-refractivity contribution in [2.24, 2.45) is 17.4 Å². The summed E-state index contributed by atoms with van der Waals surface area (Å²) in [5.41, 5.74) is 12.2. The lowest BCUT2D eigenvalue weighted by molar-refractivity contribution is 0.515. The topological polar surface area (TPSA) is 75.9 Å². The molecule has 1 atom stereocenters. The van der Waals surface area contributed by atoms with E-state index in [4.69, 9.17) is 16.9 Å². The van der Waals surface area contributed by atoms with Gasteiger partial charge in [-0.3, -0.25) is 5.41 Å². The van der Waals surface area contributed by atoms with Crippen LogP contribution in [0.25, 0.3) is 0 Å². The zero-order valence-electron chi connectivity index (χ0n) is 8.99. The van der Waals surface area contributed by atoms with Gasteiger partial charge in [-0.25, -0.2) is 0 Å². The van der Waals surface area contributed by atoms with Gasteiger partial charge in [-0.05, 0) is 18.4 Å². The van der Waals surface area contributed by atoms with Crippen LogP contribution in [0, 0.1) is 11.3 Å². The van der Waals surface area contributed by atoms with Crippen molar-refractivity contribution < 1.29 is 0 Å². The van der Waals surface area contributed by atoms with E-state index in [1.54, 1.807) is 11.3 Å². The largest absolute Gasteiger partial charge is 0.384 e. The van der Waals surface area contributed by atoms with Crippen LogP contribution in [0.3, 0.4) is 0 Å². The molecule has 0 aliphatic heterocycles. The second-order valence-corrected chi connectivity index (χ2v) is 4.83. The first-order valence-electron chi connectivity index (χ1n) is 4.69. The van der Waals surface area contributed by atoms with Crippen LogP contribution in [-0.4, -0.2) is 5.84 Å². The molecule has 86 valence electrons. The van der Waals surface area contributed by atoms with Crippen molar-refractivity contribution in [2.45, 2.75) is 26.3 Å². The van der Waals surface area contributed by atoms with Crippen LogP contribution in [0.1, 0.15) is 36.8 Å². The second-order valence-electron chi connectivity index (χ2n) is 3.89. The summed E-state index contributed by atoms with van der Waals surface area (Å²) < 4.78 is 0. The van der Waals surface area contributed by atoms with Crippen LogP contribution in [0.5, 0.6) is 0 Å². The number of nitrogens with two attached hydrogens (primary N) is 2. The third-order valence-corrected chi connectivity index (χ3v) is 3.09. The second kappa shape index (κ2) is 6.10. The Kier molecular flexibility index (Phi) is 5.87. The number of halogens is 1. The summed E-state index contributed by atoms with van der Waals surface area (Å²) in [6, 6.07) is 1.99. The molecule has 0 unspecified atom stereocenters. The number of hydrogen-bond acceptors (Lipinski definition) is 3. The van der Waals surface area contributed by atoms with Crippen molar-refractivity contribution in [1.29, 1.82) is 5.41 Å². The third-order valence-electron chi connectivity index (χ3n) is 2.02. The van der Waals surface area contributed by atoms with Crippen molar-refractivity contribution in [3.63, 3.8) is 0 Å². The maximum Gasteiger partial charge on any atom is 0.123 e. The summed E-state index contributed by atoms with van der Waals surface area (Å²) in [5, 5.41) is 9.16. The predicted molar refractivity (Wildman–Crippen MR) is 69.0 cm³/mol. The highest BCUT2D eigenvalue weighted by Crippen LogP contribution is 2.24. The van der Waals surface area contributed by atoms with Crippen molar-refractivity contribution in [3.05, 3.63) is 21.9 Å². The van der Waals surface area contributed by atoms with Crippen LogP contribution in [-0.2, 0) is 0 Å². The van der Waals surface area contributed by atoms with Gasteiger partial charge in [0.05, 0.1) is 0 Å². The van der Waals surface area contributed by atoms with Gasteiger partial charge in [-0.15, -0.1) is 23.7 Å². The highest BCUT2D eigenvalue weighted by Gasteiger charge is 2.11. The quantitative estimate of drug-likeness (QED) is 0.565. The first-order valence-corrected chi connectivity index (χ1v) is 5.57. The number of nitrogens with one attached hydrogen (secondary N) is 1. The molecule has 1 heterocycles. The van der Waals surface area contributed by atoms with Gasteiger partial charge in [0.1, 0.15) is 5.84 Å². The molecule has 5 heteroatoms. The van der Waals surface area contributed by atoms with Gasteiger partial charge < -0.3 is 11.5 Å². The molecule has 0 aromatic carbocycles. The van der Waals surface area contributed by atoms with E-state index in [-0.39, 0.29) is 24.3 Å². The summed E-state index contributed by atoms with van der Waals surface area (Å²) in [7, 11) is 0. The summed E-state index contributed by atoms with van der Waals surface area (Å²) in [6.07, 6.45) is 0.970. The van der Waals surface area contributed by atoms with E-state index in [1.807, 2.05) is 11.4 Å². The molecule has 0 bridgehead atoms. The smallest absolute Gasteiger partial charge is 0.123 e. The van der Waals surface area contributed by atoms with Crippen molar-refractivity contribution in [2.75, 3.05) is 0 Å². The van der Waals surface area contributed by atoms with E-state index in [2.05, 4.69) is 13.8 Å². The monoisotopic (exact) mass is 247 g/mol. The van der Waals surface area contributed by atoms with Crippen LogP contribution >= 0.6 is 23.7 Å². The Bertz CT molecular complexity index is 322. The minimum Gasteiger partial charge on any atom is -0.384 e. The third kappa shape index (κ3) is 4.20. The molecule has 0 amide bonds. The van der Waals surface area contributed by atoms with Gasteiger partial charge in [-0.2, -0.15) is 0 Å². The molecule has 0 aliphatic carbocycles. The van der Waals surface area contributed by atoms with E-state index in [0.717, 1.165) is 16.9 Å². The molecule has 3 nitrogen and oxygen atoms in total. The minimum atomic E-state index is 0. The van der Waals surface area contributed by atoms with Gasteiger partial charge in [0, 0.05) is 21.9 Å². The van der Waals surface area contributed by atoms with Crippen LogP contribution in [0.2, 0.25) is 0 Å². The van der Waals surface area contributed by atoms with Crippen LogP contribution < -0.4 is 11.5 Å². The highest BCUT2D eigenvalue weighted by molar-refractivity contribution is 7.10. The van der Waals surface area contributed by atoms with Gasteiger partial charge in [0.25, 0.3) is 0 Å². The van der Waals surface area contributed by atoms with Gasteiger partial charge in [0.2, 0.25) is 0 Å². The number of nitrogen functional groups attached to an aromatic ring is 1. The summed E-state index contributed by atoms with van der Waals surface area (Å²) in [6.45, 7) is 4.30. The average Bonchev–Trinajstić information content (AvgIpc) is 2.50. The Balaban J connectivity index is 0.00000196. The highest BCUT2D eigenvalue weighted by atomic mass is 35.5. The van der Waals surface area contributed by atoms with Crippen LogP contribution in [0.4, 0.5) is 0 Å². The summed E-state index contributed by atoms with van der Waals surface area (Å²) >= 11 is 1.58. The molecule has 0 spiro atoms. The van der Waals surface area contributed by atoms with Crippen LogP contribution in [0.15, 0.2) is 11.4 Å². The van der Waals surface area contributed by atoms with Gasteiger partial charge in [0.15, 0.2) is 0 Å². The molecule has 1 aromatic rings. The zero-order valence-corrected chi connectivity index (χ0v) is 10.6. The minimum absolute atomic E-state index is 0. The lowest BCUT2D eigenvalue weighted by Gasteiger charge is -2.11. The maximum absolute atomic E-state index is 7.27. The fraction of sp³-hybridized carbons (Fsp3) is 0.500. The molecule has 0 saturated carbocycles. The number of hydrogen-bond donors (Lipinski definition) is 3. The van der Waals surface area contributed by atoms with Crippen molar-refractivity contribution in [3.8, 4) is 0 Å². The van der Waals surface area contributed by atoms with Crippen molar-refractivity contribution >= 4 is 29.6 Å². The lowest BCUT2D eigenvalue weighted by Crippen LogP contribution is -2.12. The number of amidine groups is 1. The molecule has 0 fully saturated rings. The molecule has 15 heavy (non-hydrogen) atoms. The number of thiophene rings is 1. The standard InChI is InChI=1S/C10H17N3S.ClH/c1-6(2)3-8(11)9-4-7(5-14-9)10(12)13;/h4-6,8H,3,11H2,1-2H3,(H3,12,13);1H/t8-;/m1./s1. The average molecular weight is 248 g/mol. The Morgan fingerprint density at radius 3 is 2.53 bits per heavy atom. The first-order chi connectivity index (χ1) is 6.50. The Morgan fingerprint density at radius 2 is 2.13 bits per heavy atom. The zero-order chi connectivity index (χ0) is 10.7. The molecular formula is C10H18ClN3S. The Hall–Kier alpha value is -0.580. The van der Waals surface area contributed by atoms with E-state index in [0.29, 0.717) is 5.92 Å². The SMILES string of the molecule is CC(C)C[C@@H](N)c1cc(C(=N)N)cs1.Cl. The molecule has 0 radical (unpaired) electrons. The predicted octanol–water partition coefficient (Wildman–Crippen LogP) is 2.50. The molecule has 5 N–H and O–H groups in total. The fourth-order valence-corrected chi connectivity index (χ4v) is 2.24. The molecule has 1 rings (SSSR count). The number of rotatable bonds is 4. The normalized spacial score (nSPS) is 12.3. The fourth-order valence-electron chi connectivity index (χ4n) is 1.31. The summed E-state index contributed by atoms with van der Waals surface area (Å²) in [5.74, 6) is 0.706. The molecule has 0 aliphatic rings. The Morgan fingerprint density at radius 1 is 1.53 bits per heavy atom. The van der Waals surface area contributed by atoms with E-state index >= 15 is 0 Å². The van der Waals surface area contributed by atoms with Crippen molar-refractivity contribution in [1.82, 2.24) is 0 Å². The van der Waals surface area contributed by atoms with E-state index in [9.17, 15) is 0 Å². The summed E-state index contributed by atoms with van der Waals surface area (Å²) in [4.78, 5) is 1.11. The molecule has 0 saturated heterocycles. The van der Waals surface area contributed by atoms with Gasteiger partial charge >= 0.3 is 0 Å². The maximum atomic E-state index is 7.27. The Labute approximate surface area is 101 Å². The van der Waals surface area contributed by atoms with E-state index in [1.165, 1.54) is 0 Å². The lowest BCUT2D eigenvalue weighted by atomic mass is 10.0. The van der Waals surface area contributed by atoms with Gasteiger partial charge in [-0.1, -0.05) is 13.8 Å². The van der Waals surface area contributed by atoms with E-state index < -0.39 is 0 Å².